The van der Waals surface area contributed by atoms with Gasteiger partial charge >= 0.3 is 0 Å². The van der Waals surface area contributed by atoms with E-state index in [4.69, 9.17) is 0 Å². The van der Waals surface area contributed by atoms with Crippen LogP contribution in [0.5, 0.6) is 0 Å². The highest BCUT2D eigenvalue weighted by molar-refractivity contribution is 5.73. The molecule has 0 aliphatic heterocycles. The van der Waals surface area contributed by atoms with Gasteiger partial charge < -0.3 is 0 Å². The molecule has 0 heterocycles. The number of rotatable bonds is 15. The van der Waals surface area contributed by atoms with Crippen LogP contribution >= 0.6 is 0 Å². The lowest BCUT2D eigenvalue weighted by Crippen LogP contribution is -2.05. The van der Waals surface area contributed by atoms with Gasteiger partial charge in [-0.2, -0.15) is 0 Å². The summed E-state index contributed by atoms with van der Waals surface area (Å²) in [6.07, 6.45) is 29.9. The smallest absolute Gasteiger partial charge is 0.0184 e. The third kappa shape index (κ3) is 9.00. The van der Waals surface area contributed by atoms with Gasteiger partial charge in [-0.25, -0.2) is 0 Å². The van der Waals surface area contributed by atoms with E-state index in [2.05, 4.69) is 74.5 Å². The van der Waals surface area contributed by atoms with Crippen molar-refractivity contribution < 1.29 is 0 Å². The highest BCUT2D eigenvalue weighted by Crippen LogP contribution is 2.35. The molecule has 0 heteroatoms. The molecule has 0 radical (unpaired) electrons. The zero-order valence-corrected chi connectivity index (χ0v) is 24.7. The fraction of sp³-hybridized carbons (Fsp3) is 0.579. The van der Waals surface area contributed by atoms with E-state index in [0.717, 1.165) is 11.8 Å². The first kappa shape index (κ1) is 28.9. The van der Waals surface area contributed by atoms with Gasteiger partial charge in [-0.05, 0) is 83.8 Å². The summed E-state index contributed by atoms with van der Waals surface area (Å²) in [4.78, 5) is 0. The summed E-state index contributed by atoms with van der Waals surface area (Å²) in [5.74, 6) is 1.83. The predicted molar refractivity (Wildman–Crippen MR) is 169 cm³/mol. The van der Waals surface area contributed by atoms with Gasteiger partial charge in [0, 0.05) is 0 Å². The van der Waals surface area contributed by atoms with Crippen LogP contribution in [0.4, 0.5) is 0 Å². The third-order valence-corrected chi connectivity index (χ3v) is 9.32. The van der Waals surface area contributed by atoms with Gasteiger partial charge in [0.05, 0.1) is 0 Å². The fourth-order valence-electron chi connectivity index (χ4n) is 6.65. The Morgan fingerprint density at radius 2 is 0.842 bits per heavy atom. The van der Waals surface area contributed by atoms with Crippen molar-refractivity contribution in [3.63, 3.8) is 0 Å². The topological polar surface area (TPSA) is 0 Å². The Hall–Kier alpha value is -2.08. The fourth-order valence-corrected chi connectivity index (χ4v) is 6.65. The van der Waals surface area contributed by atoms with Gasteiger partial charge in [-0.3, -0.25) is 0 Å². The summed E-state index contributed by atoms with van der Waals surface area (Å²) < 4.78 is 0. The van der Waals surface area contributed by atoms with Gasteiger partial charge in [0.2, 0.25) is 0 Å². The molecule has 0 spiro atoms. The number of unbranched alkanes of at least 4 members (excludes halogenated alkanes) is 8. The highest BCUT2D eigenvalue weighted by atomic mass is 14.2. The first-order chi connectivity index (χ1) is 18.8. The summed E-state index contributed by atoms with van der Waals surface area (Å²) in [5, 5.41) is 0. The molecule has 206 valence electrons. The van der Waals surface area contributed by atoms with Crippen LogP contribution in [-0.2, 0) is 0 Å². The van der Waals surface area contributed by atoms with Crippen LogP contribution in [0.2, 0.25) is 0 Å². The van der Waals surface area contributed by atoms with E-state index in [1.54, 1.807) is 11.1 Å². The van der Waals surface area contributed by atoms with Crippen molar-refractivity contribution in [1.82, 2.24) is 0 Å². The van der Waals surface area contributed by atoms with E-state index in [1.165, 1.54) is 138 Å². The second-order valence-electron chi connectivity index (χ2n) is 12.3. The van der Waals surface area contributed by atoms with E-state index >= 15 is 0 Å². The Bertz CT molecular complexity index is 987. The van der Waals surface area contributed by atoms with Crippen molar-refractivity contribution in [3.05, 3.63) is 71.8 Å². The minimum atomic E-state index is 0.915. The summed E-state index contributed by atoms with van der Waals surface area (Å²) in [6.45, 7) is 4.61. The van der Waals surface area contributed by atoms with Gasteiger partial charge in [0.15, 0.2) is 0 Å². The van der Waals surface area contributed by atoms with Crippen LogP contribution in [0.25, 0.3) is 22.3 Å². The lowest BCUT2D eigenvalue weighted by molar-refractivity contribution is 0.422. The van der Waals surface area contributed by atoms with Crippen LogP contribution in [0.3, 0.4) is 0 Å². The first-order valence-electron chi connectivity index (χ1n) is 16.4. The van der Waals surface area contributed by atoms with Crippen LogP contribution in [0, 0.1) is 11.8 Å². The van der Waals surface area contributed by atoms with E-state index in [9.17, 15) is 0 Å². The molecule has 0 aromatic heterocycles. The summed E-state index contributed by atoms with van der Waals surface area (Å²) in [5.41, 5.74) is 8.66. The molecule has 2 atom stereocenters. The molecule has 2 aromatic carbocycles. The second-order valence-corrected chi connectivity index (χ2v) is 12.3. The molecule has 0 N–H and O–H groups in total. The quantitative estimate of drug-likeness (QED) is 0.209. The molecule has 0 bridgehead atoms. The second kappa shape index (κ2) is 16.1. The maximum atomic E-state index is 2.55. The summed E-state index contributed by atoms with van der Waals surface area (Å²) >= 11 is 0. The molecule has 0 amide bonds. The molecule has 0 fully saturated rings. The molecule has 2 aromatic rings. The van der Waals surface area contributed by atoms with Crippen LogP contribution in [0.15, 0.2) is 60.7 Å². The molecule has 0 nitrogen and oxygen atoms in total. The van der Waals surface area contributed by atoms with Crippen LogP contribution in [-0.4, -0.2) is 0 Å². The maximum Gasteiger partial charge on any atom is -0.0184 e. The zero-order valence-electron chi connectivity index (χ0n) is 24.7. The minimum Gasteiger partial charge on any atom is -0.0804 e. The Kier molecular flexibility index (Phi) is 12.3. The largest absolute Gasteiger partial charge is 0.0804 e. The van der Waals surface area contributed by atoms with E-state index in [-0.39, 0.29) is 0 Å². The van der Waals surface area contributed by atoms with E-state index < -0.39 is 0 Å². The monoisotopic (exact) mass is 510 g/mol. The standard InChI is InChI=1S/C38H54/c1-3-5-7-8-9-10-12-14-32-17-21-34(22-18-32)36-25-29-38(30-26-36)37-27-23-35(24-28-37)33-19-15-31(16-20-33)13-11-6-4-2/h19,21,23-32H,3-18,20,22H2,1-2H3. The number of hydrogen-bond donors (Lipinski definition) is 0. The highest BCUT2D eigenvalue weighted by Gasteiger charge is 2.16. The van der Waals surface area contributed by atoms with E-state index in [0.29, 0.717) is 0 Å². The van der Waals surface area contributed by atoms with E-state index in [1.807, 2.05) is 0 Å². The van der Waals surface area contributed by atoms with Gasteiger partial charge in [0.25, 0.3) is 0 Å². The molecule has 2 aliphatic carbocycles. The minimum absolute atomic E-state index is 0.915. The Morgan fingerprint density at radius 3 is 1.26 bits per heavy atom. The van der Waals surface area contributed by atoms with Crippen molar-refractivity contribution in [2.75, 3.05) is 0 Å². The van der Waals surface area contributed by atoms with Crippen molar-refractivity contribution >= 4 is 11.1 Å². The number of hydrogen-bond acceptors (Lipinski definition) is 0. The Balaban J connectivity index is 1.23. The average molecular weight is 511 g/mol. The molecule has 2 aliphatic rings. The Morgan fingerprint density at radius 1 is 0.474 bits per heavy atom. The SMILES string of the molecule is CCCCCCCCCC1CC=C(c2ccc(-c3ccc(C4=CCC(CCCCC)CC4)cc3)cc2)CC1. The summed E-state index contributed by atoms with van der Waals surface area (Å²) in [7, 11) is 0. The average Bonchev–Trinajstić information content (AvgIpc) is 2.98. The van der Waals surface area contributed by atoms with Gasteiger partial charge in [-0.15, -0.1) is 0 Å². The molecular weight excluding hydrogens is 456 g/mol. The lowest BCUT2D eigenvalue weighted by atomic mass is 9.83. The van der Waals surface area contributed by atoms with Gasteiger partial charge in [0.1, 0.15) is 0 Å². The van der Waals surface area contributed by atoms with Crippen molar-refractivity contribution in [2.45, 2.75) is 129 Å². The molecule has 0 saturated carbocycles. The van der Waals surface area contributed by atoms with Crippen molar-refractivity contribution in [3.8, 4) is 11.1 Å². The number of allylic oxidation sites excluding steroid dienone is 4. The third-order valence-electron chi connectivity index (χ3n) is 9.32. The molecule has 0 saturated heterocycles. The molecule has 2 unspecified atom stereocenters. The predicted octanol–water partition coefficient (Wildman–Crippen LogP) is 12.4. The molecule has 38 heavy (non-hydrogen) atoms. The zero-order chi connectivity index (χ0) is 26.4. The number of benzene rings is 2. The van der Waals surface area contributed by atoms with Crippen LogP contribution in [0.1, 0.15) is 141 Å². The van der Waals surface area contributed by atoms with Crippen molar-refractivity contribution in [1.29, 1.82) is 0 Å². The molecular formula is C38H54. The normalized spacial score (nSPS) is 19.7. The molecule has 4 rings (SSSR count). The van der Waals surface area contributed by atoms with Crippen LogP contribution < -0.4 is 0 Å². The van der Waals surface area contributed by atoms with Gasteiger partial charge in [-0.1, -0.05) is 152 Å². The maximum absolute atomic E-state index is 2.55. The first-order valence-corrected chi connectivity index (χ1v) is 16.4. The Labute approximate surface area is 235 Å². The lowest BCUT2D eigenvalue weighted by Gasteiger charge is -2.22. The van der Waals surface area contributed by atoms with Crippen molar-refractivity contribution in [2.24, 2.45) is 11.8 Å². The summed E-state index contributed by atoms with van der Waals surface area (Å²) in [6, 6.07) is 18.7.